The fraction of sp³-hybridized carbons (Fsp3) is 0.294. The quantitative estimate of drug-likeness (QED) is 0.733. The second-order valence-electron chi connectivity index (χ2n) is 5.89. The third-order valence-electron chi connectivity index (χ3n) is 4.48. The van der Waals surface area contributed by atoms with Crippen molar-refractivity contribution in [1.82, 2.24) is 20.0 Å². The lowest BCUT2D eigenvalue weighted by atomic mass is 9.88. The minimum absolute atomic E-state index is 0.0296. The second-order valence-corrected chi connectivity index (χ2v) is 6.74. The van der Waals surface area contributed by atoms with E-state index >= 15 is 0 Å². The van der Waals surface area contributed by atoms with Crippen molar-refractivity contribution < 1.29 is 9.32 Å². The van der Waals surface area contributed by atoms with E-state index in [1.165, 1.54) is 23.3 Å². The molecule has 2 unspecified atom stereocenters. The lowest BCUT2D eigenvalue weighted by molar-refractivity contribution is 0.0792. The van der Waals surface area contributed by atoms with E-state index in [-0.39, 0.29) is 17.7 Å². The highest BCUT2D eigenvalue weighted by Gasteiger charge is 2.40. The Balaban J connectivity index is 1.66. The predicted octanol–water partition coefficient (Wildman–Crippen LogP) is 2.86. The molecule has 4 rings (SSSR count). The van der Waals surface area contributed by atoms with Crippen LogP contribution in [0.2, 0.25) is 0 Å². The Morgan fingerprint density at radius 2 is 2.00 bits per heavy atom. The molecule has 1 aliphatic heterocycles. The molecule has 6 nitrogen and oxygen atoms in total. The topological polar surface area (TPSA) is 72.1 Å². The Kier molecular flexibility index (Phi) is 3.86. The summed E-state index contributed by atoms with van der Waals surface area (Å²) < 4.78 is 4.93. The smallest absolute Gasteiger partial charge is 0.265 e. The van der Waals surface area contributed by atoms with Gasteiger partial charge in [0.1, 0.15) is 4.88 Å². The monoisotopic (exact) mass is 340 g/mol. The number of likely N-dealkylation sites (tertiary alicyclic amines) is 1. The number of hydrogen-bond acceptors (Lipinski definition) is 6. The minimum atomic E-state index is 0.0296. The molecule has 24 heavy (non-hydrogen) atoms. The van der Waals surface area contributed by atoms with Crippen LogP contribution in [-0.2, 0) is 0 Å². The van der Waals surface area contributed by atoms with Gasteiger partial charge in [0, 0.05) is 24.9 Å². The van der Waals surface area contributed by atoms with E-state index in [9.17, 15) is 4.79 Å². The third kappa shape index (κ3) is 2.60. The zero-order valence-electron chi connectivity index (χ0n) is 13.1. The van der Waals surface area contributed by atoms with E-state index in [0.717, 1.165) is 5.69 Å². The number of hydrogen-bond donors (Lipinski definition) is 0. The zero-order chi connectivity index (χ0) is 16.5. The van der Waals surface area contributed by atoms with Gasteiger partial charge in [-0.05, 0) is 12.5 Å². The first-order valence-electron chi connectivity index (χ1n) is 7.74. The molecular formula is C17H16N4O2S. The molecule has 0 bridgehead atoms. The summed E-state index contributed by atoms with van der Waals surface area (Å²) in [5.41, 5.74) is 3.68. The van der Waals surface area contributed by atoms with Crippen molar-refractivity contribution in [3.05, 3.63) is 64.2 Å². The molecule has 3 aromatic rings. The molecule has 1 aromatic carbocycles. The van der Waals surface area contributed by atoms with Crippen LogP contribution in [0.1, 0.15) is 38.6 Å². The van der Waals surface area contributed by atoms with Crippen LogP contribution in [0.25, 0.3) is 0 Å². The average molecular weight is 340 g/mol. The Morgan fingerprint density at radius 1 is 1.21 bits per heavy atom. The van der Waals surface area contributed by atoms with E-state index in [0.29, 0.717) is 23.8 Å². The largest absolute Gasteiger partial charge is 0.343 e. The van der Waals surface area contributed by atoms with Gasteiger partial charge in [-0.3, -0.25) is 4.79 Å². The molecule has 2 aromatic heterocycles. The van der Waals surface area contributed by atoms with Gasteiger partial charge in [-0.25, -0.2) is 4.98 Å². The second kappa shape index (κ2) is 6.16. The zero-order valence-corrected chi connectivity index (χ0v) is 13.9. The number of thiazole rings is 1. The molecular weight excluding hydrogens is 324 g/mol. The predicted molar refractivity (Wildman–Crippen MR) is 89.0 cm³/mol. The fourth-order valence-corrected chi connectivity index (χ4v) is 4.03. The Labute approximate surface area is 143 Å². The Bertz CT molecular complexity index is 831. The first-order chi connectivity index (χ1) is 11.7. The fourth-order valence-electron chi connectivity index (χ4n) is 3.26. The molecule has 0 N–H and O–H groups in total. The lowest BCUT2D eigenvalue weighted by Gasteiger charge is -2.16. The van der Waals surface area contributed by atoms with Crippen molar-refractivity contribution >= 4 is 17.2 Å². The van der Waals surface area contributed by atoms with Crippen LogP contribution in [0.3, 0.4) is 0 Å². The number of rotatable bonds is 3. The number of aromatic nitrogens is 3. The molecule has 2 atom stereocenters. The van der Waals surface area contributed by atoms with Crippen LogP contribution in [-0.4, -0.2) is 39.0 Å². The highest BCUT2D eigenvalue weighted by atomic mass is 32.1. The molecule has 0 spiro atoms. The number of amides is 1. The van der Waals surface area contributed by atoms with Gasteiger partial charge in [-0.2, -0.15) is 4.98 Å². The summed E-state index contributed by atoms with van der Waals surface area (Å²) in [5, 5.41) is 4.01. The van der Waals surface area contributed by atoms with Gasteiger partial charge in [0.2, 0.25) is 6.39 Å². The summed E-state index contributed by atoms with van der Waals surface area (Å²) in [6, 6.07) is 10.2. The Morgan fingerprint density at radius 3 is 2.67 bits per heavy atom. The van der Waals surface area contributed by atoms with Crippen molar-refractivity contribution in [3.8, 4) is 0 Å². The molecule has 0 aliphatic carbocycles. The lowest BCUT2D eigenvalue weighted by Crippen LogP contribution is -2.28. The maximum absolute atomic E-state index is 12.9. The van der Waals surface area contributed by atoms with Gasteiger partial charge >= 0.3 is 0 Å². The standard InChI is InChI=1S/C17H16N4O2S/c1-11-15(24-10-19-11)17(22)21-7-13(12-5-3-2-4-6-12)14(8-21)16-18-9-23-20-16/h2-6,9-10,13-14H,7-8H2,1H3. The minimum Gasteiger partial charge on any atom is -0.343 e. The van der Waals surface area contributed by atoms with Crippen LogP contribution in [0, 0.1) is 6.92 Å². The van der Waals surface area contributed by atoms with Crippen LogP contribution in [0.5, 0.6) is 0 Å². The number of carbonyl (C=O) groups excluding carboxylic acids is 1. The van der Waals surface area contributed by atoms with E-state index in [1.807, 2.05) is 30.0 Å². The maximum atomic E-state index is 12.9. The van der Waals surface area contributed by atoms with Crippen molar-refractivity contribution in [1.29, 1.82) is 0 Å². The van der Waals surface area contributed by atoms with Crippen molar-refractivity contribution in [2.45, 2.75) is 18.8 Å². The van der Waals surface area contributed by atoms with Gasteiger partial charge in [0.05, 0.1) is 11.2 Å². The molecule has 1 saturated heterocycles. The summed E-state index contributed by atoms with van der Waals surface area (Å²) in [4.78, 5) is 23.8. The molecule has 1 aliphatic rings. The highest BCUT2D eigenvalue weighted by molar-refractivity contribution is 7.11. The van der Waals surface area contributed by atoms with Gasteiger partial charge in [0.25, 0.3) is 5.91 Å². The number of benzene rings is 1. The summed E-state index contributed by atoms with van der Waals surface area (Å²) in [6.45, 7) is 3.08. The van der Waals surface area contributed by atoms with Crippen LogP contribution in [0.15, 0.2) is 46.8 Å². The van der Waals surface area contributed by atoms with Gasteiger partial charge in [0.15, 0.2) is 5.82 Å². The van der Waals surface area contributed by atoms with Crippen LogP contribution in [0.4, 0.5) is 0 Å². The normalized spacial score (nSPS) is 20.5. The van der Waals surface area contributed by atoms with Gasteiger partial charge in [-0.15, -0.1) is 11.3 Å². The summed E-state index contributed by atoms with van der Waals surface area (Å²) in [7, 11) is 0. The molecule has 0 radical (unpaired) electrons. The number of aryl methyl sites for hydroxylation is 1. The van der Waals surface area contributed by atoms with Crippen molar-refractivity contribution in [2.24, 2.45) is 0 Å². The Hall–Kier alpha value is -2.54. The summed E-state index contributed by atoms with van der Waals surface area (Å²) in [5.74, 6) is 0.867. The van der Waals surface area contributed by atoms with Crippen molar-refractivity contribution in [2.75, 3.05) is 13.1 Å². The van der Waals surface area contributed by atoms with Crippen LogP contribution >= 0.6 is 11.3 Å². The molecule has 1 amide bonds. The first kappa shape index (κ1) is 15.0. The summed E-state index contributed by atoms with van der Waals surface area (Å²) in [6.07, 6.45) is 1.34. The van der Waals surface area contributed by atoms with E-state index < -0.39 is 0 Å². The average Bonchev–Trinajstić information content (AvgIpc) is 3.35. The third-order valence-corrected chi connectivity index (χ3v) is 5.40. The SMILES string of the molecule is Cc1ncsc1C(=O)N1CC(c2ccccc2)C(c2ncon2)C1. The van der Waals surface area contributed by atoms with Gasteiger partial charge < -0.3 is 9.42 Å². The molecule has 1 fully saturated rings. The maximum Gasteiger partial charge on any atom is 0.265 e. The van der Waals surface area contributed by atoms with E-state index in [1.54, 1.807) is 5.51 Å². The van der Waals surface area contributed by atoms with Crippen molar-refractivity contribution in [3.63, 3.8) is 0 Å². The molecule has 0 saturated carbocycles. The van der Waals surface area contributed by atoms with Crippen LogP contribution < -0.4 is 0 Å². The van der Waals surface area contributed by atoms with Gasteiger partial charge in [-0.1, -0.05) is 35.5 Å². The number of carbonyl (C=O) groups is 1. The molecule has 7 heteroatoms. The molecule has 3 heterocycles. The summed E-state index contributed by atoms with van der Waals surface area (Å²) >= 11 is 1.39. The van der Waals surface area contributed by atoms with E-state index in [2.05, 4.69) is 27.3 Å². The van der Waals surface area contributed by atoms with E-state index in [4.69, 9.17) is 4.52 Å². The highest BCUT2D eigenvalue weighted by Crippen LogP contribution is 2.39. The number of nitrogens with zero attached hydrogens (tertiary/aromatic N) is 4. The molecule has 122 valence electrons. The first-order valence-corrected chi connectivity index (χ1v) is 8.62.